The molecule has 0 aliphatic rings. The van der Waals surface area contributed by atoms with Gasteiger partial charge in [0.2, 0.25) is 15.9 Å². The molecule has 28 heavy (non-hydrogen) atoms. The zero-order valence-corrected chi connectivity index (χ0v) is 17.6. The summed E-state index contributed by atoms with van der Waals surface area (Å²) in [6, 6.07) is 14.5. The summed E-state index contributed by atoms with van der Waals surface area (Å²) < 4.78 is 31.2. The van der Waals surface area contributed by atoms with E-state index in [2.05, 4.69) is 5.32 Å². The molecule has 0 saturated carbocycles. The normalized spacial score (nSPS) is 12.3. The second-order valence-corrected chi connectivity index (χ2v) is 8.74. The van der Waals surface area contributed by atoms with Gasteiger partial charge in [0, 0.05) is 0 Å². The molecule has 0 aliphatic carbocycles. The first kappa shape index (κ1) is 21.8. The molecule has 0 fully saturated rings. The van der Waals surface area contributed by atoms with Crippen LogP contribution in [0.2, 0.25) is 0 Å². The predicted molar refractivity (Wildman–Crippen MR) is 112 cm³/mol. The number of aryl methyl sites for hydroxylation is 2. The average Bonchev–Trinajstić information content (AvgIpc) is 2.65. The van der Waals surface area contributed by atoms with Crippen LogP contribution in [-0.4, -0.2) is 39.8 Å². The third kappa shape index (κ3) is 6.27. The lowest BCUT2D eigenvalue weighted by Gasteiger charge is -2.23. The number of carbonyl (C=O) groups excluding carboxylic acids is 1. The van der Waals surface area contributed by atoms with Gasteiger partial charge in [-0.1, -0.05) is 37.3 Å². The van der Waals surface area contributed by atoms with Crippen LogP contribution in [0.3, 0.4) is 0 Å². The van der Waals surface area contributed by atoms with Crippen molar-refractivity contribution in [2.75, 3.05) is 23.7 Å². The van der Waals surface area contributed by atoms with Crippen molar-refractivity contribution in [1.29, 1.82) is 0 Å². The van der Waals surface area contributed by atoms with E-state index in [1.165, 1.54) is 0 Å². The molecule has 1 N–H and O–H groups in total. The Labute approximate surface area is 167 Å². The third-order valence-corrected chi connectivity index (χ3v) is 5.45. The molecule has 0 bridgehead atoms. The Balaban J connectivity index is 1.98. The number of sulfonamides is 1. The number of amides is 1. The molecular weight excluding hydrogens is 376 g/mol. The summed E-state index contributed by atoms with van der Waals surface area (Å²) in [5.41, 5.74) is 2.59. The monoisotopic (exact) mass is 404 g/mol. The molecule has 1 atom stereocenters. The van der Waals surface area contributed by atoms with Crippen LogP contribution in [0.25, 0.3) is 0 Å². The zero-order chi connectivity index (χ0) is 20.7. The maximum absolute atomic E-state index is 12.4. The molecule has 7 heteroatoms. The van der Waals surface area contributed by atoms with E-state index >= 15 is 0 Å². The maximum atomic E-state index is 12.4. The highest BCUT2D eigenvalue weighted by Crippen LogP contribution is 2.19. The van der Waals surface area contributed by atoms with Crippen LogP contribution in [0.1, 0.15) is 25.0 Å². The molecule has 0 radical (unpaired) electrons. The average molecular weight is 405 g/mol. The molecular formula is C21H28N2O4S. The van der Waals surface area contributed by atoms with E-state index in [1.807, 2.05) is 57.2 Å². The van der Waals surface area contributed by atoms with E-state index in [4.69, 9.17) is 4.74 Å². The van der Waals surface area contributed by atoms with Gasteiger partial charge in [0.05, 0.1) is 18.0 Å². The summed E-state index contributed by atoms with van der Waals surface area (Å²) in [7, 11) is -3.59. The van der Waals surface area contributed by atoms with Crippen molar-refractivity contribution in [3.63, 3.8) is 0 Å². The Morgan fingerprint density at radius 1 is 1.14 bits per heavy atom. The van der Waals surface area contributed by atoms with Gasteiger partial charge in [0.15, 0.2) is 0 Å². The van der Waals surface area contributed by atoms with Crippen molar-refractivity contribution in [2.24, 2.45) is 0 Å². The SMILES string of the molecule is CCc1ccc(N(CC(=O)NC(C)COc2ccccc2C)S(C)(=O)=O)cc1. The van der Waals surface area contributed by atoms with Crippen molar-refractivity contribution in [3.05, 3.63) is 59.7 Å². The number of benzene rings is 2. The second kappa shape index (κ2) is 9.59. The molecule has 152 valence electrons. The quantitative estimate of drug-likeness (QED) is 0.697. The van der Waals surface area contributed by atoms with Gasteiger partial charge in [-0.2, -0.15) is 0 Å². The Morgan fingerprint density at radius 2 is 1.79 bits per heavy atom. The first-order chi connectivity index (χ1) is 13.2. The lowest BCUT2D eigenvalue weighted by Crippen LogP contribution is -2.44. The molecule has 0 spiro atoms. The van der Waals surface area contributed by atoms with Crippen LogP contribution in [0.4, 0.5) is 5.69 Å². The van der Waals surface area contributed by atoms with Gasteiger partial charge in [0.25, 0.3) is 0 Å². The standard InChI is InChI=1S/C21H28N2O4S/c1-5-18-10-12-19(13-11-18)23(28(4,25)26)14-21(24)22-17(3)15-27-20-9-7-6-8-16(20)2/h6-13,17H,5,14-15H2,1-4H3,(H,22,24). The summed E-state index contributed by atoms with van der Waals surface area (Å²) in [6.45, 7) is 5.81. The summed E-state index contributed by atoms with van der Waals surface area (Å²) in [4.78, 5) is 12.4. The highest BCUT2D eigenvalue weighted by Gasteiger charge is 2.21. The minimum atomic E-state index is -3.59. The summed E-state index contributed by atoms with van der Waals surface area (Å²) in [5, 5.41) is 2.79. The summed E-state index contributed by atoms with van der Waals surface area (Å²) >= 11 is 0. The molecule has 0 saturated heterocycles. The highest BCUT2D eigenvalue weighted by molar-refractivity contribution is 7.92. The van der Waals surface area contributed by atoms with Gasteiger partial charge in [-0.15, -0.1) is 0 Å². The third-order valence-electron chi connectivity index (χ3n) is 4.31. The molecule has 1 amide bonds. The summed E-state index contributed by atoms with van der Waals surface area (Å²) in [5.74, 6) is 0.378. The number of carbonyl (C=O) groups is 1. The topological polar surface area (TPSA) is 75.7 Å². The number of hydrogen-bond donors (Lipinski definition) is 1. The Kier molecular flexibility index (Phi) is 7.45. The van der Waals surface area contributed by atoms with Crippen molar-refractivity contribution in [1.82, 2.24) is 5.32 Å². The zero-order valence-electron chi connectivity index (χ0n) is 16.8. The van der Waals surface area contributed by atoms with Gasteiger partial charge in [-0.3, -0.25) is 9.10 Å². The fraction of sp³-hybridized carbons (Fsp3) is 0.381. The first-order valence-electron chi connectivity index (χ1n) is 9.25. The van der Waals surface area contributed by atoms with Crippen LogP contribution in [0.5, 0.6) is 5.75 Å². The number of nitrogens with zero attached hydrogens (tertiary/aromatic N) is 1. The largest absolute Gasteiger partial charge is 0.491 e. The van der Waals surface area contributed by atoms with E-state index < -0.39 is 10.0 Å². The number of ether oxygens (including phenoxy) is 1. The van der Waals surface area contributed by atoms with Gasteiger partial charge in [-0.05, 0) is 49.6 Å². The van der Waals surface area contributed by atoms with E-state index in [0.29, 0.717) is 12.3 Å². The second-order valence-electron chi connectivity index (χ2n) is 6.83. The van der Waals surface area contributed by atoms with Crippen molar-refractivity contribution in [2.45, 2.75) is 33.2 Å². The van der Waals surface area contributed by atoms with Gasteiger partial charge in [0.1, 0.15) is 18.9 Å². The number of hydrogen-bond acceptors (Lipinski definition) is 4. The molecule has 0 aliphatic heterocycles. The van der Waals surface area contributed by atoms with Gasteiger partial charge >= 0.3 is 0 Å². The number of anilines is 1. The fourth-order valence-electron chi connectivity index (χ4n) is 2.72. The summed E-state index contributed by atoms with van der Waals surface area (Å²) in [6.07, 6.45) is 1.96. The molecule has 1 unspecified atom stereocenters. The minimum Gasteiger partial charge on any atom is -0.491 e. The minimum absolute atomic E-state index is 0.268. The van der Waals surface area contributed by atoms with Crippen LogP contribution >= 0.6 is 0 Å². The maximum Gasteiger partial charge on any atom is 0.241 e. The number of nitrogens with one attached hydrogen (secondary N) is 1. The molecule has 0 aromatic heterocycles. The Bertz CT molecular complexity index is 895. The van der Waals surface area contributed by atoms with Crippen LogP contribution in [0.15, 0.2) is 48.5 Å². The van der Waals surface area contributed by atoms with Crippen molar-refractivity contribution >= 4 is 21.6 Å². The van der Waals surface area contributed by atoms with Crippen molar-refractivity contribution < 1.29 is 17.9 Å². The van der Waals surface area contributed by atoms with E-state index in [-0.39, 0.29) is 18.5 Å². The molecule has 2 aromatic carbocycles. The Morgan fingerprint density at radius 3 is 2.36 bits per heavy atom. The smallest absolute Gasteiger partial charge is 0.241 e. The van der Waals surface area contributed by atoms with Crippen LogP contribution in [-0.2, 0) is 21.2 Å². The lowest BCUT2D eigenvalue weighted by molar-refractivity contribution is -0.120. The molecule has 6 nitrogen and oxygen atoms in total. The van der Waals surface area contributed by atoms with E-state index in [0.717, 1.165) is 33.9 Å². The molecule has 2 aromatic rings. The number of para-hydroxylation sites is 1. The van der Waals surface area contributed by atoms with Crippen molar-refractivity contribution in [3.8, 4) is 5.75 Å². The van der Waals surface area contributed by atoms with Crippen LogP contribution in [0, 0.1) is 6.92 Å². The number of rotatable bonds is 9. The van der Waals surface area contributed by atoms with E-state index in [9.17, 15) is 13.2 Å². The fourth-order valence-corrected chi connectivity index (χ4v) is 3.58. The Hall–Kier alpha value is -2.54. The first-order valence-corrected chi connectivity index (χ1v) is 11.1. The predicted octanol–water partition coefficient (Wildman–Crippen LogP) is 2.91. The van der Waals surface area contributed by atoms with Crippen LogP contribution < -0.4 is 14.4 Å². The van der Waals surface area contributed by atoms with E-state index in [1.54, 1.807) is 12.1 Å². The highest BCUT2D eigenvalue weighted by atomic mass is 32.2. The molecule has 0 heterocycles. The van der Waals surface area contributed by atoms with Gasteiger partial charge in [-0.25, -0.2) is 8.42 Å². The lowest BCUT2D eigenvalue weighted by atomic mass is 10.1. The van der Waals surface area contributed by atoms with Gasteiger partial charge < -0.3 is 10.1 Å². The molecule has 2 rings (SSSR count).